The number of benzene rings is 1. The van der Waals surface area contributed by atoms with E-state index in [1.54, 1.807) is 14.2 Å². The fourth-order valence-corrected chi connectivity index (χ4v) is 2.06. The molecule has 0 aliphatic heterocycles. The van der Waals surface area contributed by atoms with Crippen molar-refractivity contribution in [2.24, 2.45) is 0 Å². The van der Waals surface area contributed by atoms with Crippen LogP contribution in [0.5, 0.6) is 11.5 Å². The molecule has 0 bridgehead atoms. The number of methoxy groups -OCH3 is 2. The van der Waals surface area contributed by atoms with E-state index in [2.05, 4.69) is 31.2 Å². The molecule has 0 atom stereocenters. The molecule has 0 unspecified atom stereocenters. The smallest absolute Gasteiger partial charge is 0.163 e. The maximum atomic E-state index is 5.25. The van der Waals surface area contributed by atoms with Gasteiger partial charge in [0.2, 0.25) is 0 Å². The van der Waals surface area contributed by atoms with Crippen LogP contribution < -0.4 is 14.8 Å². The first-order valence-electron chi connectivity index (χ1n) is 5.52. The van der Waals surface area contributed by atoms with E-state index in [9.17, 15) is 0 Å². The second-order valence-electron chi connectivity index (χ2n) is 3.59. The molecule has 18 heavy (non-hydrogen) atoms. The highest BCUT2D eigenvalue weighted by Gasteiger charge is 2.11. The Balaban J connectivity index is 2.62. The number of nitrogens with one attached hydrogen (secondary N) is 1. The predicted molar refractivity (Wildman–Crippen MR) is 74.5 cm³/mol. The van der Waals surface area contributed by atoms with Gasteiger partial charge in [0.05, 0.1) is 25.3 Å². The minimum atomic E-state index is 0.641. The summed E-state index contributed by atoms with van der Waals surface area (Å²) in [6, 6.07) is 3.62. The first-order chi connectivity index (χ1) is 8.69. The molecule has 0 aliphatic rings. The number of nitrogens with zero attached hydrogens (tertiary/aromatic N) is 2. The van der Waals surface area contributed by atoms with Crippen molar-refractivity contribution in [2.45, 2.75) is 6.92 Å². The van der Waals surface area contributed by atoms with Gasteiger partial charge in [-0.3, -0.25) is 0 Å². The molecule has 0 aliphatic carbocycles. The molecule has 0 fully saturated rings. The van der Waals surface area contributed by atoms with E-state index >= 15 is 0 Å². The van der Waals surface area contributed by atoms with Crippen molar-refractivity contribution in [3.63, 3.8) is 0 Å². The normalized spacial score (nSPS) is 10.4. The fraction of sp³-hybridized carbons (Fsp3) is 0.333. The van der Waals surface area contributed by atoms with Gasteiger partial charge in [0.15, 0.2) is 17.3 Å². The lowest BCUT2D eigenvalue weighted by atomic mass is 10.2. The Bertz CT molecular complexity index is 575. The Morgan fingerprint density at radius 2 is 1.67 bits per heavy atom. The summed E-state index contributed by atoms with van der Waals surface area (Å²) in [6.45, 7) is 2.79. The van der Waals surface area contributed by atoms with Gasteiger partial charge in [-0.1, -0.05) is 0 Å². The van der Waals surface area contributed by atoms with Gasteiger partial charge >= 0.3 is 0 Å². The molecule has 6 heteroatoms. The number of halogens is 1. The van der Waals surface area contributed by atoms with Gasteiger partial charge < -0.3 is 14.8 Å². The number of aromatic nitrogens is 2. The first-order valence-corrected chi connectivity index (χ1v) is 6.32. The summed E-state index contributed by atoms with van der Waals surface area (Å²) in [4.78, 5) is 8.93. The predicted octanol–water partition coefficient (Wildman–Crippen LogP) is 2.84. The van der Waals surface area contributed by atoms with Crippen molar-refractivity contribution in [1.82, 2.24) is 9.97 Å². The molecule has 0 amide bonds. The Morgan fingerprint density at radius 3 is 2.17 bits per heavy atom. The van der Waals surface area contributed by atoms with Crippen molar-refractivity contribution >= 4 is 32.8 Å². The summed E-state index contributed by atoms with van der Waals surface area (Å²) in [5.74, 6) is 2.00. The van der Waals surface area contributed by atoms with Gasteiger partial charge in [0.25, 0.3) is 0 Å². The lowest BCUT2D eigenvalue weighted by Gasteiger charge is -2.10. The van der Waals surface area contributed by atoms with E-state index in [0.29, 0.717) is 16.1 Å². The number of fused-ring (bicyclic) bond motifs is 1. The average Bonchev–Trinajstić information content (AvgIpc) is 2.38. The van der Waals surface area contributed by atoms with E-state index in [1.165, 1.54) is 0 Å². The van der Waals surface area contributed by atoms with Crippen molar-refractivity contribution in [2.75, 3.05) is 26.1 Å². The number of anilines is 1. The zero-order valence-corrected chi connectivity index (χ0v) is 12.0. The molecule has 0 saturated carbocycles. The van der Waals surface area contributed by atoms with Crippen molar-refractivity contribution in [1.29, 1.82) is 0 Å². The number of hydrogen-bond donors (Lipinski definition) is 1. The van der Waals surface area contributed by atoms with Gasteiger partial charge in [0.1, 0.15) is 4.60 Å². The molecule has 0 saturated heterocycles. The summed E-state index contributed by atoms with van der Waals surface area (Å²) in [5.41, 5.74) is 1.51. The second-order valence-corrected chi connectivity index (χ2v) is 4.34. The zero-order valence-electron chi connectivity index (χ0n) is 10.5. The Morgan fingerprint density at radius 1 is 1.11 bits per heavy atom. The third kappa shape index (κ3) is 2.33. The Kier molecular flexibility index (Phi) is 3.86. The van der Waals surface area contributed by atoms with Crippen LogP contribution in [0.1, 0.15) is 6.92 Å². The van der Waals surface area contributed by atoms with Crippen LogP contribution in [0, 0.1) is 0 Å². The molecular formula is C12H14BrN3O2. The summed E-state index contributed by atoms with van der Waals surface area (Å²) < 4.78 is 11.2. The Labute approximate surface area is 114 Å². The van der Waals surface area contributed by atoms with Crippen LogP contribution in [0.3, 0.4) is 0 Å². The molecule has 5 nitrogen and oxygen atoms in total. The van der Waals surface area contributed by atoms with Crippen molar-refractivity contribution < 1.29 is 9.47 Å². The van der Waals surface area contributed by atoms with Gasteiger partial charge in [-0.25, -0.2) is 9.97 Å². The molecule has 1 heterocycles. The fourth-order valence-electron chi connectivity index (χ4n) is 1.64. The molecule has 96 valence electrons. The van der Waals surface area contributed by atoms with Gasteiger partial charge in [-0.15, -0.1) is 0 Å². The van der Waals surface area contributed by atoms with Crippen LogP contribution >= 0.6 is 15.9 Å². The number of hydrogen-bond acceptors (Lipinski definition) is 5. The molecule has 2 aromatic rings. The summed E-state index contributed by atoms with van der Waals surface area (Å²) >= 11 is 3.39. The molecular weight excluding hydrogens is 298 g/mol. The van der Waals surface area contributed by atoms with E-state index in [4.69, 9.17) is 9.47 Å². The molecule has 1 aromatic heterocycles. The van der Waals surface area contributed by atoms with Crippen molar-refractivity contribution in [3.8, 4) is 11.5 Å². The van der Waals surface area contributed by atoms with Crippen LogP contribution in [0.15, 0.2) is 16.7 Å². The van der Waals surface area contributed by atoms with Gasteiger partial charge in [-0.05, 0) is 22.9 Å². The van der Waals surface area contributed by atoms with E-state index in [0.717, 1.165) is 23.4 Å². The van der Waals surface area contributed by atoms with E-state index < -0.39 is 0 Å². The van der Waals surface area contributed by atoms with Crippen molar-refractivity contribution in [3.05, 3.63) is 16.7 Å². The zero-order chi connectivity index (χ0) is 13.1. The maximum absolute atomic E-state index is 5.25. The molecule has 0 spiro atoms. The molecule has 0 radical (unpaired) electrons. The quantitative estimate of drug-likeness (QED) is 0.941. The monoisotopic (exact) mass is 311 g/mol. The SMILES string of the molecule is CCNc1nc2cc(OC)c(OC)cc2nc1Br. The minimum absolute atomic E-state index is 0.641. The highest BCUT2D eigenvalue weighted by molar-refractivity contribution is 9.10. The van der Waals surface area contributed by atoms with Crippen LogP contribution in [0.4, 0.5) is 5.82 Å². The summed E-state index contributed by atoms with van der Waals surface area (Å²) in [5, 5.41) is 3.14. The lowest BCUT2D eigenvalue weighted by molar-refractivity contribution is 0.355. The van der Waals surface area contributed by atoms with Crippen LogP contribution in [0.2, 0.25) is 0 Å². The summed E-state index contributed by atoms with van der Waals surface area (Å²) in [6.07, 6.45) is 0. The highest BCUT2D eigenvalue weighted by Crippen LogP contribution is 2.32. The first kappa shape index (κ1) is 12.9. The topological polar surface area (TPSA) is 56.3 Å². The largest absolute Gasteiger partial charge is 0.493 e. The third-order valence-electron chi connectivity index (χ3n) is 2.47. The molecule has 2 rings (SSSR count). The molecule has 1 aromatic carbocycles. The van der Waals surface area contributed by atoms with Crippen LogP contribution in [0.25, 0.3) is 11.0 Å². The second kappa shape index (κ2) is 5.39. The van der Waals surface area contributed by atoms with E-state index in [1.807, 2.05) is 19.1 Å². The van der Waals surface area contributed by atoms with Gasteiger partial charge in [-0.2, -0.15) is 0 Å². The van der Waals surface area contributed by atoms with Crippen LogP contribution in [-0.2, 0) is 0 Å². The third-order valence-corrected chi connectivity index (χ3v) is 3.02. The number of ether oxygens (including phenoxy) is 2. The van der Waals surface area contributed by atoms with E-state index in [-0.39, 0.29) is 0 Å². The Hall–Kier alpha value is -1.56. The lowest BCUT2D eigenvalue weighted by Crippen LogP contribution is -2.02. The average molecular weight is 312 g/mol. The minimum Gasteiger partial charge on any atom is -0.493 e. The standard InChI is InChI=1S/C12H14BrN3O2/c1-4-14-12-11(13)15-7-5-9(17-2)10(18-3)6-8(7)16-12/h5-6H,4H2,1-3H3,(H,14,16). The van der Waals surface area contributed by atoms with Crippen LogP contribution in [-0.4, -0.2) is 30.7 Å². The maximum Gasteiger partial charge on any atom is 0.163 e. The summed E-state index contributed by atoms with van der Waals surface area (Å²) in [7, 11) is 3.19. The highest BCUT2D eigenvalue weighted by atomic mass is 79.9. The number of rotatable bonds is 4. The molecule has 1 N–H and O–H groups in total. The van der Waals surface area contributed by atoms with Gasteiger partial charge in [0, 0.05) is 18.7 Å².